The maximum atomic E-state index is 11.7. The van der Waals surface area contributed by atoms with E-state index >= 15 is 0 Å². The number of carbonyl (C=O) groups excluding carboxylic acids is 1. The third kappa shape index (κ3) is 2.90. The molecule has 4 nitrogen and oxygen atoms in total. The van der Waals surface area contributed by atoms with Crippen LogP contribution in [0.4, 0.5) is 0 Å². The third-order valence-corrected chi connectivity index (χ3v) is 2.72. The highest BCUT2D eigenvalue weighted by atomic mass is 35.5. The van der Waals surface area contributed by atoms with Gasteiger partial charge in [-0.2, -0.15) is 5.10 Å². The van der Waals surface area contributed by atoms with Gasteiger partial charge in [-0.15, -0.1) is 0 Å². The Morgan fingerprint density at radius 1 is 1.39 bits per heavy atom. The molecule has 0 aliphatic carbocycles. The van der Waals surface area contributed by atoms with Crippen LogP contribution in [0.5, 0.6) is 0 Å². The molecule has 1 N–H and O–H groups in total. The lowest BCUT2D eigenvalue weighted by Gasteiger charge is -2.01. The van der Waals surface area contributed by atoms with Gasteiger partial charge in [-0.1, -0.05) is 18.5 Å². The molecule has 0 atom stereocenters. The molecule has 1 aromatic carbocycles. The van der Waals surface area contributed by atoms with E-state index < -0.39 is 0 Å². The smallest absolute Gasteiger partial charge is 0.254 e. The van der Waals surface area contributed by atoms with Crippen LogP contribution in [-0.4, -0.2) is 22.2 Å². The van der Waals surface area contributed by atoms with Gasteiger partial charge < -0.3 is 5.32 Å². The Hall–Kier alpha value is -1.81. The van der Waals surface area contributed by atoms with Crippen molar-refractivity contribution < 1.29 is 4.79 Å². The summed E-state index contributed by atoms with van der Waals surface area (Å²) < 4.78 is 1.65. The average Bonchev–Trinajstić information content (AvgIpc) is 2.86. The number of nitrogens with zero attached hydrogens (tertiary/aromatic N) is 2. The molecule has 0 bridgehead atoms. The van der Waals surface area contributed by atoms with Gasteiger partial charge in [-0.05, 0) is 30.7 Å². The van der Waals surface area contributed by atoms with E-state index in [9.17, 15) is 4.79 Å². The number of carbonyl (C=O) groups is 1. The standard InChI is InChI=1S/C13H14ClN3O/c1-2-7-15-13(18)10-8-16-17(9-10)12-5-3-11(14)4-6-12/h3-6,8-9H,2,7H2,1H3,(H,15,18). The maximum Gasteiger partial charge on any atom is 0.254 e. The van der Waals surface area contributed by atoms with E-state index in [1.807, 2.05) is 19.1 Å². The van der Waals surface area contributed by atoms with E-state index in [2.05, 4.69) is 10.4 Å². The minimum absolute atomic E-state index is 0.0999. The van der Waals surface area contributed by atoms with Gasteiger partial charge in [0.2, 0.25) is 0 Å². The van der Waals surface area contributed by atoms with Gasteiger partial charge in [0.1, 0.15) is 0 Å². The van der Waals surface area contributed by atoms with Gasteiger partial charge >= 0.3 is 0 Å². The van der Waals surface area contributed by atoms with Crippen LogP contribution in [0, 0.1) is 0 Å². The summed E-state index contributed by atoms with van der Waals surface area (Å²) in [6, 6.07) is 7.27. The van der Waals surface area contributed by atoms with Crippen LogP contribution in [-0.2, 0) is 0 Å². The molecule has 2 rings (SSSR count). The average molecular weight is 264 g/mol. The highest BCUT2D eigenvalue weighted by Gasteiger charge is 2.08. The molecule has 1 aromatic heterocycles. The van der Waals surface area contributed by atoms with Gasteiger partial charge in [0.25, 0.3) is 5.91 Å². The number of benzene rings is 1. The van der Waals surface area contributed by atoms with Gasteiger partial charge in [0.05, 0.1) is 17.4 Å². The van der Waals surface area contributed by atoms with Crippen molar-refractivity contribution in [2.75, 3.05) is 6.54 Å². The largest absolute Gasteiger partial charge is 0.352 e. The third-order valence-electron chi connectivity index (χ3n) is 2.47. The van der Waals surface area contributed by atoms with E-state index in [0.29, 0.717) is 17.1 Å². The molecule has 18 heavy (non-hydrogen) atoms. The summed E-state index contributed by atoms with van der Waals surface area (Å²) in [6.07, 6.45) is 4.17. The van der Waals surface area contributed by atoms with Crippen molar-refractivity contribution >= 4 is 17.5 Å². The van der Waals surface area contributed by atoms with E-state index in [-0.39, 0.29) is 5.91 Å². The van der Waals surface area contributed by atoms with E-state index in [0.717, 1.165) is 12.1 Å². The Bertz CT molecular complexity index is 533. The van der Waals surface area contributed by atoms with Crippen LogP contribution in [0.1, 0.15) is 23.7 Å². The molecule has 1 amide bonds. The minimum atomic E-state index is -0.0999. The molecule has 0 spiro atoms. The summed E-state index contributed by atoms with van der Waals surface area (Å²) in [5.74, 6) is -0.0999. The van der Waals surface area contributed by atoms with Crippen molar-refractivity contribution in [3.63, 3.8) is 0 Å². The van der Waals surface area contributed by atoms with Crippen LogP contribution >= 0.6 is 11.6 Å². The lowest BCUT2D eigenvalue weighted by atomic mass is 10.3. The van der Waals surface area contributed by atoms with Crippen molar-refractivity contribution in [2.24, 2.45) is 0 Å². The summed E-state index contributed by atoms with van der Waals surface area (Å²) in [5, 5.41) is 7.64. The van der Waals surface area contributed by atoms with Crippen molar-refractivity contribution in [1.82, 2.24) is 15.1 Å². The Morgan fingerprint density at radius 2 is 2.11 bits per heavy atom. The highest BCUT2D eigenvalue weighted by molar-refractivity contribution is 6.30. The molecule has 2 aromatic rings. The molecule has 0 aliphatic heterocycles. The summed E-state index contributed by atoms with van der Waals surface area (Å²) in [5.41, 5.74) is 1.42. The quantitative estimate of drug-likeness (QED) is 0.922. The maximum absolute atomic E-state index is 11.7. The second-order valence-corrected chi connectivity index (χ2v) is 4.34. The second-order valence-electron chi connectivity index (χ2n) is 3.91. The van der Waals surface area contributed by atoms with Gasteiger partial charge in [-0.25, -0.2) is 4.68 Å². The van der Waals surface area contributed by atoms with Crippen molar-refractivity contribution in [1.29, 1.82) is 0 Å². The van der Waals surface area contributed by atoms with Crippen LogP contribution < -0.4 is 5.32 Å². The molecule has 0 radical (unpaired) electrons. The zero-order valence-electron chi connectivity index (χ0n) is 10.1. The fourth-order valence-corrected chi connectivity index (χ4v) is 1.64. The van der Waals surface area contributed by atoms with Crippen molar-refractivity contribution in [3.8, 4) is 5.69 Å². The first-order valence-electron chi connectivity index (χ1n) is 5.79. The predicted molar refractivity (Wildman–Crippen MR) is 71.2 cm³/mol. The van der Waals surface area contributed by atoms with Gasteiger partial charge in [0, 0.05) is 17.8 Å². The molecule has 0 aliphatic rings. The number of amides is 1. The zero-order chi connectivity index (χ0) is 13.0. The molecule has 94 valence electrons. The molecular weight excluding hydrogens is 250 g/mol. The van der Waals surface area contributed by atoms with E-state index in [1.54, 1.807) is 29.2 Å². The molecule has 0 unspecified atom stereocenters. The first-order chi connectivity index (χ1) is 8.70. The first-order valence-corrected chi connectivity index (χ1v) is 6.17. The van der Waals surface area contributed by atoms with Crippen molar-refractivity contribution in [2.45, 2.75) is 13.3 Å². The van der Waals surface area contributed by atoms with Crippen LogP contribution in [0.3, 0.4) is 0 Å². The Kier molecular flexibility index (Phi) is 3.99. The van der Waals surface area contributed by atoms with E-state index in [4.69, 9.17) is 11.6 Å². The van der Waals surface area contributed by atoms with Crippen molar-refractivity contribution in [3.05, 3.63) is 47.2 Å². The van der Waals surface area contributed by atoms with Crippen LogP contribution in [0.15, 0.2) is 36.7 Å². The number of halogens is 1. The predicted octanol–water partition coefficient (Wildman–Crippen LogP) is 2.67. The summed E-state index contributed by atoms with van der Waals surface area (Å²) in [7, 11) is 0. The SMILES string of the molecule is CCCNC(=O)c1cnn(-c2ccc(Cl)cc2)c1. The molecule has 0 saturated heterocycles. The Labute approximate surface area is 111 Å². The molecular formula is C13H14ClN3O. The number of rotatable bonds is 4. The van der Waals surface area contributed by atoms with E-state index in [1.165, 1.54) is 0 Å². The zero-order valence-corrected chi connectivity index (χ0v) is 10.8. The Balaban J connectivity index is 2.15. The molecule has 1 heterocycles. The highest BCUT2D eigenvalue weighted by Crippen LogP contribution is 2.13. The summed E-state index contributed by atoms with van der Waals surface area (Å²) >= 11 is 5.82. The first kappa shape index (κ1) is 12.6. The molecule has 5 heteroatoms. The molecule has 0 saturated carbocycles. The monoisotopic (exact) mass is 263 g/mol. The topological polar surface area (TPSA) is 46.9 Å². The Morgan fingerprint density at radius 3 is 2.78 bits per heavy atom. The fourth-order valence-electron chi connectivity index (χ4n) is 1.52. The number of hydrogen-bond acceptors (Lipinski definition) is 2. The second kappa shape index (κ2) is 5.69. The lowest BCUT2D eigenvalue weighted by Crippen LogP contribution is -2.23. The van der Waals surface area contributed by atoms with Crippen LogP contribution in [0.25, 0.3) is 5.69 Å². The molecule has 0 fully saturated rings. The fraction of sp³-hybridized carbons (Fsp3) is 0.231. The van der Waals surface area contributed by atoms with Gasteiger partial charge in [0.15, 0.2) is 0 Å². The number of aromatic nitrogens is 2. The number of nitrogens with one attached hydrogen (secondary N) is 1. The minimum Gasteiger partial charge on any atom is -0.352 e. The number of hydrogen-bond donors (Lipinski definition) is 1. The normalized spacial score (nSPS) is 10.3. The lowest BCUT2D eigenvalue weighted by molar-refractivity contribution is 0.0953. The summed E-state index contributed by atoms with van der Waals surface area (Å²) in [4.78, 5) is 11.7. The van der Waals surface area contributed by atoms with Crippen LogP contribution in [0.2, 0.25) is 5.02 Å². The summed E-state index contributed by atoms with van der Waals surface area (Å²) in [6.45, 7) is 2.68. The van der Waals surface area contributed by atoms with Gasteiger partial charge in [-0.3, -0.25) is 4.79 Å².